The lowest BCUT2D eigenvalue weighted by atomic mass is 10.1. The topological polar surface area (TPSA) is 75.3 Å². The number of halogens is 2. The Hall–Kier alpha value is -0.780. The van der Waals surface area contributed by atoms with Crippen LogP contribution in [0.5, 0.6) is 5.75 Å². The molecule has 0 radical (unpaired) electrons. The third-order valence-electron chi connectivity index (χ3n) is 1.91. The Morgan fingerprint density at radius 1 is 1.53 bits per heavy atom. The second-order valence-electron chi connectivity index (χ2n) is 4.33. The van der Waals surface area contributed by atoms with Crippen LogP contribution in [0.1, 0.15) is 24.2 Å². The number of nitrogens with two attached hydrogens (primary N) is 1. The molecule has 0 atom stereocenters. The Labute approximate surface area is 115 Å². The first-order chi connectivity index (χ1) is 7.29. The molecule has 4 N–H and O–H groups in total. The monoisotopic (exact) mass is 322 g/mol. The van der Waals surface area contributed by atoms with Gasteiger partial charge in [0.1, 0.15) is 5.75 Å². The van der Waals surface area contributed by atoms with E-state index in [2.05, 4.69) is 21.2 Å². The van der Waals surface area contributed by atoms with Crippen molar-refractivity contribution in [2.75, 3.05) is 6.54 Å². The van der Waals surface area contributed by atoms with Crippen LogP contribution in [-0.4, -0.2) is 23.1 Å². The summed E-state index contributed by atoms with van der Waals surface area (Å²) in [5, 5.41) is 12.2. The van der Waals surface area contributed by atoms with Crippen LogP contribution in [0.4, 0.5) is 0 Å². The molecule has 0 aromatic heterocycles. The van der Waals surface area contributed by atoms with E-state index in [9.17, 15) is 9.90 Å². The standard InChI is InChI=1S/C11H15BrN2O2.ClH/c1-11(2,13)6-14-10(16)8-5-7(12)3-4-9(8)15;/h3-5,15H,6,13H2,1-2H3,(H,14,16);1H. The molecular weight excluding hydrogens is 307 g/mol. The zero-order valence-corrected chi connectivity index (χ0v) is 12.1. The summed E-state index contributed by atoms with van der Waals surface area (Å²) < 4.78 is 0.738. The highest BCUT2D eigenvalue weighted by Crippen LogP contribution is 2.21. The maximum Gasteiger partial charge on any atom is 0.255 e. The Bertz CT molecular complexity index is 405. The number of hydrogen-bond donors (Lipinski definition) is 3. The van der Waals surface area contributed by atoms with Gasteiger partial charge in [-0.2, -0.15) is 0 Å². The third-order valence-corrected chi connectivity index (χ3v) is 2.40. The summed E-state index contributed by atoms with van der Waals surface area (Å²) in [6, 6.07) is 4.69. The minimum Gasteiger partial charge on any atom is -0.507 e. The summed E-state index contributed by atoms with van der Waals surface area (Å²) in [4.78, 5) is 11.7. The van der Waals surface area contributed by atoms with Gasteiger partial charge in [0.15, 0.2) is 0 Å². The van der Waals surface area contributed by atoms with E-state index in [-0.39, 0.29) is 29.6 Å². The van der Waals surface area contributed by atoms with Crippen molar-refractivity contribution in [1.82, 2.24) is 5.32 Å². The van der Waals surface area contributed by atoms with E-state index in [0.717, 1.165) is 4.47 Å². The fraction of sp³-hybridized carbons (Fsp3) is 0.364. The molecule has 1 aromatic rings. The summed E-state index contributed by atoms with van der Waals surface area (Å²) in [5.41, 5.74) is 5.50. The highest BCUT2D eigenvalue weighted by atomic mass is 79.9. The lowest BCUT2D eigenvalue weighted by Crippen LogP contribution is -2.45. The van der Waals surface area contributed by atoms with Gasteiger partial charge < -0.3 is 16.2 Å². The molecule has 0 spiro atoms. The molecule has 4 nitrogen and oxygen atoms in total. The number of phenolic OH excluding ortho intramolecular Hbond substituents is 1. The van der Waals surface area contributed by atoms with Gasteiger partial charge in [-0.3, -0.25) is 4.79 Å². The molecule has 0 aliphatic carbocycles. The summed E-state index contributed by atoms with van der Waals surface area (Å²) in [6.07, 6.45) is 0. The van der Waals surface area contributed by atoms with E-state index >= 15 is 0 Å². The maximum atomic E-state index is 11.7. The average molecular weight is 324 g/mol. The summed E-state index contributed by atoms with van der Waals surface area (Å²) >= 11 is 3.24. The first kappa shape index (κ1) is 16.2. The van der Waals surface area contributed by atoms with E-state index in [0.29, 0.717) is 6.54 Å². The Morgan fingerprint density at radius 3 is 2.65 bits per heavy atom. The Balaban J connectivity index is 0.00000256. The van der Waals surface area contributed by atoms with Gasteiger partial charge in [-0.1, -0.05) is 15.9 Å². The van der Waals surface area contributed by atoms with Crippen molar-refractivity contribution < 1.29 is 9.90 Å². The van der Waals surface area contributed by atoms with Gasteiger partial charge in [0, 0.05) is 16.6 Å². The predicted octanol–water partition coefficient (Wildman–Crippen LogP) is 2.04. The number of carbonyl (C=O) groups excluding carboxylic acids is 1. The molecule has 0 bridgehead atoms. The van der Waals surface area contributed by atoms with Gasteiger partial charge in [0.05, 0.1) is 5.56 Å². The second kappa shape index (κ2) is 6.23. The number of benzene rings is 1. The van der Waals surface area contributed by atoms with Crippen LogP contribution < -0.4 is 11.1 Å². The van der Waals surface area contributed by atoms with Crippen molar-refractivity contribution in [1.29, 1.82) is 0 Å². The highest BCUT2D eigenvalue weighted by Gasteiger charge is 2.15. The lowest BCUT2D eigenvalue weighted by Gasteiger charge is -2.19. The third kappa shape index (κ3) is 5.39. The van der Waals surface area contributed by atoms with Crippen LogP contribution >= 0.6 is 28.3 Å². The Morgan fingerprint density at radius 2 is 2.12 bits per heavy atom. The molecule has 0 saturated heterocycles. The van der Waals surface area contributed by atoms with Crippen LogP contribution in [0.25, 0.3) is 0 Å². The van der Waals surface area contributed by atoms with Crippen molar-refractivity contribution in [3.63, 3.8) is 0 Å². The predicted molar refractivity (Wildman–Crippen MR) is 73.7 cm³/mol. The molecule has 0 heterocycles. The average Bonchev–Trinajstić information content (AvgIpc) is 2.17. The molecular formula is C11H16BrClN2O2. The fourth-order valence-electron chi connectivity index (χ4n) is 1.09. The highest BCUT2D eigenvalue weighted by molar-refractivity contribution is 9.10. The van der Waals surface area contributed by atoms with E-state index in [1.54, 1.807) is 12.1 Å². The van der Waals surface area contributed by atoms with Crippen LogP contribution in [0, 0.1) is 0 Å². The van der Waals surface area contributed by atoms with Crippen LogP contribution in [0.3, 0.4) is 0 Å². The number of phenols is 1. The van der Waals surface area contributed by atoms with E-state index in [1.165, 1.54) is 6.07 Å². The summed E-state index contributed by atoms with van der Waals surface area (Å²) in [5.74, 6) is -0.382. The molecule has 0 aliphatic rings. The van der Waals surface area contributed by atoms with Gasteiger partial charge in [-0.25, -0.2) is 0 Å². The molecule has 1 rings (SSSR count). The summed E-state index contributed by atoms with van der Waals surface area (Å²) in [6.45, 7) is 3.97. The molecule has 17 heavy (non-hydrogen) atoms. The zero-order valence-electron chi connectivity index (χ0n) is 9.66. The minimum absolute atomic E-state index is 0. The number of aromatic hydroxyl groups is 1. The van der Waals surface area contributed by atoms with Crippen molar-refractivity contribution in [2.24, 2.45) is 5.73 Å². The van der Waals surface area contributed by atoms with E-state index < -0.39 is 5.54 Å². The zero-order chi connectivity index (χ0) is 12.3. The largest absolute Gasteiger partial charge is 0.507 e. The first-order valence-electron chi connectivity index (χ1n) is 4.85. The Kier molecular flexibility index (Phi) is 5.95. The molecule has 96 valence electrons. The molecule has 0 unspecified atom stereocenters. The molecule has 0 aliphatic heterocycles. The van der Waals surface area contributed by atoms with Crippen LogP contribution in [-0.2, 0) is 0 Å². The van der Waals surface area contributed by atoms with Crippen molar-refractivity contribution >= 4 is 34.2 Å². The minimum atomic E-state index is -0.475. The number of nitrogens with one attached hydrogen (secondary N) is 1. The fourth-order valence-corrected chi connectivity index (χ4v) is 1.45. The quantitative estimate of drug-likeness (QED) is 0.797. The second-order valence-corrected chi connectivity index (χ2v) is 5.25. The van der Waals surface area contributed by atoms with Gasteiger partial charge in [-0.05, 0) is 32.0 Å². The molecule has 1 aromatic carbocycles. The van der Waals surface area contributed by atoms with Gasteiger partial charge >= 0.3 is 0 Å². The summed E-state index contributed by atoms with van der Waals surface area (Å²) in [7, 11) is 0. The molecule has 6 heteroatoms. The number of carbonyl (C=O) groups is 1. The maximum absolute atomic E-state index is 11.7. The molecule has 0 fully saturated rings. The van der Waals surface area contributed by atoms with E-state index in [4.69, 9.17) is 5.73 Å². The van der Waals surface area contributed by atoms with Gasteiger partial charge in [-0.15, -0.1) is 12.4 Å². The van der Waals surface area contributed by atoms with Crippen molar-refractivity contribution in [2.45, 2.75) is 19.4 Å². The normalized spacial score (nSPS) is 10.6. The lowest BCUT2D eigenvalue weighted by molar-refractivity contribution is 0.0943. The van der Waals surface area contributed by atoms with Gasteiger partial charge in [0.2, 0.25) is 0 Å². The van der Waals surface area contributed by atoms with E-state index in [1.807, 2.05) is 13.8 Å². The SMILES string of the molecule is CC(C)(N)CNC(=O)c1cc(Br)ccc1O.Cl. The smallest absolute Gasteiger partial charge is 0.255 e. The first-order valence-corrected chi connectivity index (χ1v) is 5.64. The van der Waals surface area contributed by atoms with Crippen molar-refractivity contribution in [3.8, 4) is 5.75 Å². The number of hydrogen-bond acceptors (Lipinski definition) is 3. The number of rotatable bonds is 3. The van der Waals surface area contributed by atoms with Crippen LogP contribution in [0.2, 0.25) is 0 Å². The van der Waals surface area contributed by atoms with Crippen molar-refractivity contribution in [3.05, 3.63) is 28.2 Å². The van der Waals surface area contributed by atoms with Crippen LogP contribution in [0.15, 0.2) is 22.7 Å². The molecule has 0 saturated carbocycles. The van der Waals surface area contributed by atoms with Gasteiger partial charge in [0.25, 0.3) is 5.91 Å². The molecule has 1 amide bonds. The number of amides is 1.